The van der Waals surface area contributed by atoms with Crippen LogP contribution in [0.15, 0.2) is 42.6 Å². The van der Waals surface area contributed by atoms with Gasteiger partial charge in [-0.15, -0.1) is 0 Å². The van der Waals surface area contributed by atoms with E-state index in [-0.39, 0.29) is 29.0 Å². The van der Waals surface area contributed by atoms with Crippen LogP contribution in [0.3, 0.4) is 0 Å². The highest BCUT2D eigenvalue weighted by molar-refractivity contribution is 5.71. The number of nitro groups is 1. The standard InChI is InChI=1S/C20H18N4O5/c21-12-13-2-1-7-22-18(13)28-17-10-20(11-17)8-14(9-20)23-19(25)29-16-5-3-15(4-6-16)24(26)27/h1-7,14,17H,8-11H2,(H,23,25)/t14-,17-,20?. The molecule has 0 aliphatic heterocycles. The Kier molecular flexibility index (Phi) is 4.76. The topological polar surface area (TPSA) is 127 Å². The van der Waals surface area contributed by atoms with Gasteiger partial charge in [-0.1, -0.05) is 0 Å². The molecule has 0 radical (unpaired) electrons. The first-order valence-corrected chi connectivity index (χ1v) is 9.21. The number of benzene rings is 1. The van der Waals surface area contributed by atoms with Crippen molar-refractivity contribution >= 4 is 11.8 Å². The zero-order valence-corrected chi connectivity index (χ0v) is 15.4. The van der Waals surface area contributed by atoms with Crippen LogP contribution in [-0.4, -0.2) is 28.1 Å². The molecule has 1 N–H and O–H groups in total. The van der Waals surface area contributed by atoms with Crippen LogP contribution >= 0.6 is 0 Å². The molecule has 1 heterocycles. The number of aromatic nitrogens is 1. The van der Waals surface area contributed by atoms with Crippen molar-refractivity contribution in [3.63, 3.8) is 0 Å². The van der Waals surface area contributed by atoms with Gasteiger partial charge >= 0.3 is 6.09 Å². The molecule has 0 atom stereocenters. The van der Waals surface area contributed by atoms with Crippen molar-refractivity contribution in [3.05, 3.63) is 58.3 Å². The van der Waals surface area contributed by atoms with E-state index in [2.05, 4.69) is 16.4 Å². The molecule has 2 saturated carbocycles. The maximum atomic E-state index is 12.0. The second-order valence-corrected chi connectivity index (χ2v) is 7.51. The van der Waals surface area contributed by atoms with Crippen LogP contribution in [0.25, 0.3) is 0 Å². The maximum absolute atomic E-state index is 12.0. The number of rotatable bonds is 5. The fourth-order valence-electron chi connectivity index (χ4n) is 4.08. The van der Waals surface area contributed by atoms with Gasteiger partial charge in [0, 0.05) is 24.4 Å². The Morgan fingerprint density at radius 2 is 1.97 bits per heavy atom. The molecule has 1 spiro atoms. The van der Waals surface area contributed by atoms with Crippen LogP contribution in [0, 0.1) is 26.9 Å². The summed E-state index contributed by atoms with van der Waals surface area (Å²) in [7, 11) is 0. The number of nitriles is 1. The van der Waals surface area contributed by atoms with Crippen molar-refractivity contribution in [3.8, 4) is 17.7 Å². The largest absolute Gasteiger partial charge is 0.473 e. The van der Waals surface area contributed by atoms with Gasteiger partial charge in [-0.05, 0) is 55.4 Å². The number of pyridine rings is 1. The highest BCUT2D eigenvalue weighted by atomic mass is 16.6. The highest BCUT2D eigenvalue weighted by Crippen LogP contribution is 2.56. The van der Waals surface area contributed by atoms with Crippen LogP contribution in [-0.2, 0) is 0 Å². The predicted molar refractivity (Wildman–Crippen MR) is 100 cm³/mol. The summed E-state index contributed by atoms with van der Waals surface area (Å²) in [6, 6.07) is 10.8. The van der Waals surface area contributed by atoms with Gasteiger partial charge in [-0.25, -0.2) is 9.78 Å². The number of hydrogen-bond acceptors (Lipinski definition) is 7. The molecule has 2 aliphatic rings. The Hall–Kier alpha value is -3.67. The van der Waals surface area contributed by atoms with Crippen LogP contribution in [0.4, 0.5) is 10.5 Å². The Morgan fingerprint density at radius 1 is 1.24 bits per heavy atom. The van der Waals surface area contributed by atoms with E-state index in [1.54, 1.807) is 18.3 Å². The van der Waals surface area contributed by atoms with Crippen LogP contribution in [0.1, 0.15) is 31.2 Å². The lowest BCUT2D eigenvalue weighted by Crippen LogP contribution is -2.59. The van der Waals surface area contributed by atoms with E-state index in [9.17, 15) is 14.9 Å². The van der Waals surface area contributed by atoms with E-state index >= 15 is 0 Å². The molecule has 1 amide bonds. The molecule has 0 bridgehead atoms. The predicted octanol–water partition coefficient (Wildman–Crippen LogP) is 3.34. The van der Waals surface area contributed by atoms with Crippen LogP contribution in [0.2, 0.25) is 0 Å². The lowest BCUT2D eigenvalue weighted by Gasteiger charge is -2.56. The Labute approximate surface area is 166 Å². The molecule has 29 heavy (non-hydrogen) atoms. The van der Waals surface area contributed by atoms with Crippen molar-refractivity contribution < 1.29 is 19.2 Å². The average molecular weight is 394 g/mol. The zero-order chi connectivity index (χ0) is 20.4. The first-order valence-electron chi connectivity index (χ1n) is 9.21. The Balaban J connectivity index is 1.20. The quantitative estimate of drug-likeness (QED) is 0.608. The van der Waals surface area contributed by atoms with Gasteiger partial charge in [0.2, 0.25) is 5.88 Å². The molecule has 2 aliphatic carbocycles. The van der Waals surface area contributed by atoms with Gasteiger partial charge in [0.25, 0.3) is 5.69 Å². The molecule has 1 aromatic heterocycles. The Bertz CT molecular complexity index is 971. The summed E-state index contributed by atoms with van der Waals surface area (Å²) in [6.07, 6.45) is 4.48. The van der Waals surface area contributed by atoms with Gasteiger partial charge in [0.1, 0.15) is 23.5 Å². The molecule has 0 unspecified atom stereocenters. The third-order valence-corrected chi connectivity index (χ3v) is 5.43. The minimum Gasteiger partial charge on any atom is -0.473 e. The molecular weight excluding hydrogens is 376 g/mol. The number of carbonyl (C=O) groups excluding carboxylic acids is 1. The molecule has 4 rings (SSSR count). The van der Waals surface area contributed by atoms with E-state index in [0.717, 1.165) is 25.7 Å². The monoisotopic (exact) mass is 394 g/mol. The average Bonchev–Trinajstić information content (AvgIpc) is 2.65. The molecule has 1 aromatic carbocycles. The minimum absolute atomic E-state index is 0.0324. The first kappa shape index (κ1) is 18.7. The highest BCUT2D eigenvalue weighted by Gasteiger charge is 2.54. The van der Waals surface area contributed by atoms with E-state index in [1.807, 2.05) is 0 Å². The summed E-state index contributed by atoms with van der Waals surface area (Å²) in [6.45, 7) is 0. The van der Waals surface area contributed by atoms with E-state index in [1.165, 1.54) is 24.3 Å². The zero-order valence-electron chi connectivity index (χ0n) is 15.4. The van der Waals surface area contributed by atoms with Crippen molar-refractivity contribution in [2.24, 2.45) is 5.41 Å². The maximum Gasteiger partial charge on any atom is 0.412 e. The van der Waals surface area contributed by atoms with Crippen molar-refractivity contribution in [1.82, 2.24) is 10.3 Å². The van der Waals surface area contributed by atoms with Gasteiger partial charge in [-0.2, -0.15) is 5.26 Å². The van der Waals surface area contributed by atoms with Crippen molar-refractivity contribution in [1.29, 1.82) is 5.26 Å². The fraction of sp³-hybridized carbons (Fsp3) is 0.350. The number of non-ortho nitro benzene ring substituents is 1. The van der Waals surface area contributed by atoms with Crippen LogP contribution in [0.5, 0.6) is 11.6 Å². The second-order valence-electron chi connectivity index (χ2n) is 7.51. The SMILES string of the molecule is N#Cc1cccnc1O[C@H]1CC2(C[C@H](NC(=O)Oc3ccc([N+](=O)[O-])cc3)C2)C1. The molecule has 0 saturated heterocycles. The molecular formula is C20H18N4O5. The van der Waals surface area contributed by atoms with E-state index in [0.29, 0.717) is 11.4 Å². The third-order valence-electron chi connectivity index (χ3n) is 5.43. The first-order chi connectivity index (χ1) is 14.0. The Morgan fingerprint density at radius 3 is 2.62 bits per heavy atom. The number of nitro benzene ring substituents is 1. The van der Waals surface area contributed by atoms with E-state index in [4.69, 9.17) is 14.7 Å². The van der Waals surface area contributed by atoms with Gasteiger partial charge in [0.05, 0.1) is 4.92 Å². The normalized spacial score (nSPS) is 24.5. The van der Waals surface area contributed by atoms with Gasteiger partial charge in [-0.3, -0.25) is 10.1 Å². The van der Waals surface area contributed by atoms with Crippen molar-refractivity contribution in [2.75, 3.05) is 0 Å². The number of carbonyl (C=O) groups is 1. The van der Waals surface area contributed by atoms with Crippen molar-refractivity contribution in [2.45, 2.75) is 37.8 Å². The molecule has 9 nitrogen and oxygen atoms in total. The summed E-state index contributed by atoms with van der Waals surface area (Å²) in [5.41, 5.74) is 0.529. The number of ether oxygens (including phenoxy) is 2. The van der Waals surface area contributed by atoms with Crippen LogP contribution < -0.4 is 14.8 Å². The summed E-state index contributed by atoms with van der Waals surface area (Å²) in [5.74, 6) is 0.624. The fourth-order valence-corrected chi connectivity index (χ4v) is 4.08. The molecule has 2 fully saturated rings. The van der Waals surface area contributed by atoms with E-state index < -0.39 is 11.0 Å². The van der Waals surface area contributed by atoms with Gasteiger partial charge in [0.15, 0.2) is 0 Å². The smallest absolute Gasteiger partial charge is 0.412 e. The molecule has 148 valence electrons. The van der Waals surface area contributed by atoms with Gasteiger partial charge < -0.3 is 14.8 Å². The number of nitrogens with one attached hydrogen (secondary N) is 1. The summed E-state index contributed by atoms with van der Waals surface area (Å²) >= 11 is 0. The number of nitrogens with zero attached hydrogens (tertiary/aromatic N) is 3. The summed E-state index contributed by atoms with van der Waals surface area (Å²) < 4.78 is 11.0. The number of amides is 1. The third kappa shape index (κ3) is 3.96. The lowest BCUT2D eigenvalue weighted by atomic mass is 9.53. The lowest BCUT2D eigenvalue weighted by molar-refractivity contribution is -0.384. The molecule has 2 aromatic rings. The summed E-state index contributed by atoms with van der Waals surface area (Å²) in [4.78, 5) is 26.2. The minimum atomic E-state index is -0.571. The summed E-state index contributed by atoms with van der Waals surface area (Å²) in [5, 5.41) is 22.5. The molecule has 9 heteroatoms. The second kappa shape index (κ2) is 7.39. The number of hydrogen-bond donors (Lipinski definition) is 1.